The lowest BCUT2D eigenvalue weighted by molar-refractivity contribution is 0.111. The first-order valence-corrected chi connectivity index (χ1v) is 7.02. The van der Waals surface area contributed by atoms with Crippen LogP contribution in [0.4, 0.5) is 4.79 Å². The molecule has 20 heavy (non-hydrogen) atoms. The minimum Gasteiger partial charge on any atom is -0.376 e. The lowest BCUT2D eigenvalue weighted by Gasteiger charge is -2.19. The molecule has 112 valence electrons. The van der Waals surface area contributed by atoms with Gasteiger partial charge in [-0.2, -0.15) is 4.98 Å². The Labute approximate surface area is 118 Å². The normalized spacial score (nSPS) is 20.1. The molecule has 0 spiro atoms. The summed E-state index contributed by atoms with van der Waals surface area (Å²) in [6, 6.07) is -0.532. The van der Waals surface area contributed by atoms with Gasteiger partial charge in [0.15, 0.2) is 5.82 Å². The van der Waals surface area contributed by atoms with Gasteiger partial charge in [0.25, 0.3) is 0 Å². The number of carbonyl (C=O) groups excluding carboxylic acids is 1. The molecule has 1 aliphatic rings. The van der Waals surface area contributed by atoms with Gasteiger partial charge in [-0.1, -0.05) is 19.0 Å². The van der Waals surface area contributed by atoms with Crippen molar-refractivity contribution >= 4 is 6.03 Å². The van der Waals surface area contributed by atoms with Gasteiger partial charge in [-0.3, -0.25) is 0 Å². The maximum absolute atomic E-state index is 11.9. The van der Waals surface area contributed by atoms with E-state index in [-0.39, 0.29) is 24.1 Å². The first kappa shape index (κ1) is 14.8. The molecule has 1 aromatic rings. The molecular weight excluding hydrogens is 260 g/mol. The fourth-order valence-electron chi connectivity index (χ4n) is 2.16. The Hall–Kier alpha value is -1.63. The van der Waals surface area contributed by atoms with Crippen molar-refractivity contribution in [2.75, 3.05) is 13.2 Å². The number of aryl methyl sites for hydroxylation is 1. The quantitative estimate of drug-likeness (QED) is 0.855. The summed E-state index contributed by atoms with van der Waals surface area (Å²) in [6.07, 6.45) is 2.18. The van der Waals surface area contributed by atoms with E-state index in [1.54, 1.807) is 6.92 Å². The molecular formula is C13H22N4O3. The van der Waals surface area contributed by atoms with Gasteiger partial charge >= 0.3 is 6.03 Å². The second kappa shape index (κ2) is 6.69. The van der Waals surface area contributed by atoms with Crippen LogP contribution < -0.4 is 10.6 Å². The number of aromatic nitrogens is 2. The van der Waals surface area contributed by atoms with Crippen molar-refractivity contribution in [2.24, 2.45) is 5.92 Å². The van der Waals surface area contributed by atoms with E-state index >= 15 is 0 Å². The van der Waals surface area contributed by atoms with Gasteiger partial charge in [-0.05, 0) is 25.7 Å². The molecule has 2 unspecified atom stereocenters. The Bertz CT molecular complexity index is 441. The van der Waals surface area contributed by atoms with E-state index in [0.717, 1.165) is 19.4 Å². The SMILES string of the molecule is Cc1noc(C(NC(=O)NCC2CCCO2)C(C)C)n1. The number of carbonyl (C=O) groups is 1. The van der Waals surface area contributed by atoms with Crippen molar-refractivity contribution in [3.05, 3.63) is 11.7 Å². The van der Waals surface area contributed by atoms with Gasteiger partial charge in [-0.15, -0.1) is 0 Å². The van der Waals surface area contributed by atoms with Crippen LogP contribution in [0, 0.1) is 12.8 Å². The highest BCUT2D eigenvalue weighted by Crippen LogP contribution is 2.19. The summed E-state index contributed by atoms with van der Waals surface area (Å²) in [5, 5.41) is 9.45. The highest BCUT2D eigenvalue weighted by molar-refractivity contribution is 5.74. The average molecular weight is 282 g/mol. The predicted molar refractivity (Wildman–Crippen MR) is 72.1 cm³/mol. The molecule has 2 rings (SSSR count). The summed E-state index contributed by atoms with van der Waals surface area (Å²) in [6.45, 7) is 7.04. The summed E-state index contributed by atoms with van der Waals surface area (Å²) in [7, 11) is 0. The smallest absolute Gasteiger partial charge is 0.315 e. The van der Waals surface area contributed by atoms with E-state index in [1.165, 1.54) is 0 Å². The third kappa shape index (κ3) is 3.93. The molecule has 1 fully saturated rings. The Morgan fingerprint density at radius 3 is 2.85 bits per heavy atom. The van der Waals surface area contributed by atoms with Crippen molar-refractivity contribution in [1.29, 1.82) is 0 Å². The number of nitrogens with one attached hydrogen (secondary N) is 2. The van der Waals surface area contributed by atoms with Gasteiger partial charge in [0.1, 0.15) is 6.04 Å². The lowest BCUT2D eigenvalue weighted by atomic mass is 10.0. The number of hydrogen-bond acceptors (Lipinski definition) is 5. The number of urea groups is 1. The fraction of sp³-hybridized carbons (Fsp3) is 0.769. The second-order valence-electron chi connectivity index (χ2n) is 5.39. The molecule has 2 heterocycles. The van der Waals surface area contributed by atoms with Crippen LogP contribution in [0.25, 0.3) is 0 Å². The molecule has 0 aliphatic carbocycles. The topological polar surface area (TPSA) is 89.3 Å². The highest BCUT2D eigenvalue weighted by Gasteiger charge is 2.24. The van der Waals surface area contributed by atoms with Gasteiger partial charge in [0, 0.05) is 13.2 Å². The van der Waals surface area contributed by atoms with Crippen LogP contribution in [0.2, 0.25) is 0 Å². The van der Waals surface area contributed by atoms with E-state index in [2.05, 4.69) is 20.8 Å². The van der Waals surface area contributed by atoms with E-state index in [1.807, 2.05) is 13.8 Å². The van der Waals surface area contributed by atoms with Crippen LogP contribution in [0.5, 0.6) is 0 Å². The van der Waals surface area contributed by atoms with Crippen molar-refractivity contribution in [1.82, 2.24) is 20.8 Å². The largest absolute Gasteiger partial charge is 0.376 e. The minimum absolute atomic E-state index is 0.129. The van der Waals surface area contributed by atoms with Crippen LogP contribution in [-0.4, -0.2) is 35.4 Å². The summed E-state index contributed by atoms with van der Waals surface area (Å²) < 4.78 is 10.6. The summed E-state index contributed by atoms with van der Waals surface area (Å²) in [5.41, 5.74) is 0. The summed E-state index contributed by atoms with van der Waals surface area (Å²) in [5.74, 6) is 1.15. The maximum Gasteiger partial charge on any atom is 0.315 e. The van der Waals surface area contributed by atoms with Crippen LogP contribution in [0.15, 0.2) is 4.52 Å². The molecule has 1 saturated heterocycles. The standard InChI is InChI=1S/C13H22N4O3/c1-8(2)11(12-15-9(3)17-20-12)16-13(18)14-7-10-5-4-6-19-10/h8,10-11H,4-7H2,1-3H3,(H2,14,16,18). The highest BCUT2D eigenvalue weighted by atomic mass is 16.5. The van der Waals surface area contributed by atoms with E-state index in [4.69, 9.17) is 9.26 Å². The third-order valence-corrected chi connectivity index (χ3v) is 3.28. The predicted octanol–water partition coefficient (Wildman–Crippen LogP) is 1.55. The number of amides is 2. The number of nitrogens with zero attached hydrogens (tertiary/aromatic N) is 2. The van der Waals surface area contributed by atoms with Crippen molar-refractivity contribution in [2.45, 2.75) is 45.8 Å². The van der Waals surface area contributed by atoms with Gasteiger partial charge in [0.2, 0.25) is 5.89 Å². The zero-order chi connectivity index (χ0) is 14.5. The first-order chi connectivity index (χ1) is 9.56. The Kier molecular flexibility index (Phi) is 4.94. The molecule has 7 nitrogen and oxygen atoms in total. The zero-order valence-corrected chi connectivity index (χ0v) is 12.2. The number of rotatable bonds is 5. The molecule has 0 radical (unpaired) electrons. The van der Waals surface area contributed by atoms with Gasteiger partial charge < -0.3 is 19.9 Å². The molecule has 0 aromatic carbocycles. The molecule has 1 aliphatic heterocycles. The van der Waals surface area contributed by atoms with Crippen LogP contribution in [0.3, 0.4) is 0 Å². The van der Waals surface area contributed by atoms with Crippen LogP contribution >= 0.6 is 0 Å². The zero-order valence-electron chi connectivity index (χ0n) is 12.2. The molecule has 0 saturated carbocycles. The molecule has 2 atom stereocenters. The second-order valence-corrected chi connectivity index (χ2v) is 5.39. The van der Waals surface area contributed by atoms with Crippen molar-refractivity contribution in [3.63, 3.8) is 0 Å². The minimum atomic E-state index is -0.291. The molecule has 2 amide bonds. The maximum atomic E-state index is 11.9. The van der Waals surface area contributed by atoms with Crippen molar-refractivity contribution in [3.8, 4) is 0 Å². The summed E-state index contributed by atoms with van der Waals surface area (Å²) >= 11 is 0. The van der Waals surface area contributed by atoms with Crippen molar-refractivity contribution < 1.29 is 14.1 Å². The average Bonchev–Trinajstić information content (AvgIpc) is 3.04. The molecule has 0 bridgehead atoms. The van der Waals surface area contributed by atoms with E-state index in [9.17, 15) is 4.79 Å². The van der Waals surface area contributed by atoms with E-state index < -0.39 is 0 Å². The third-order valence-electron chi connectivity index (χ3n) is 3.28. The van der Waals surface area contributed by atoms with Gasteiger partial charge in [-0.25, -0.2) is 4.79 Å². The molecule has 7 heteroatoms. The number of ether oxygens (including phenoxy) is 1. The van der Waals surface area contributed by atoms with Gasteiger partial charge in [0.05, 0.1) is 6.10 Å². The first-order valence-electron chi connectivity index (χ1n) is 7.02. The van der Waals surface area contributed by atoms with Crippen LogP contribution in [-0.2, 0) is 4.74 Å². The van der Waals surface area contributed by atoms with E-state index in [0.29, 0.717) is 18.3 Å². The number of hydrogen-bond donors (Lipinski definition) is 2. The molecule has 1 aromatic heterocycles. The monoisotopic (exact) mass is 282 g/mol. The summed E-state index contributed by atoms with van der Waals surface area (Å²) in [4.78, 5) is 16.1. The lowest BCUT2D eigenvalue weighted by Crippen LogP contribution is -2.42. The Morgan fingerprint density at radius 1 is 1.50 bits per heavy atom. The fourth-order valence-corrected chi connectivity index (χ4v) is 2.16. The Balaban J connectivity index is 1.85. The molecule has 2 N–H and O–H groups in total. The van der Waals surface area contributed by atoms with Crippen LogP contribution in [0.1, 0.15) is 44.4 Å². The Morgan fingerprint density at radius 2 is 2.30 bits per heavy atom.